The van der Waals surface area contributed by atoms with Gasteiger partial charge in [0.15, 0.2) is 28.7 Å². The Morgan fingerprint density at radius 2 is 0.693 bits per heavy atom. The molecule has 0 saturated heterocycles. The third-order valence-electron chi connectivity index (χ3n) is 21.1. The second-order valence-electron chi connectivity index (χ2n) is 32.8. The van der Waals surface area contributed by atoms with Gasteiger partial charge in [0.25, 0.3) is 40.7 Å². The van der Waals surface area contributed by atoms with Crippen LogP contribution >= 0.6 is 0 Å². The molecule has 44 nitrogen and oxygen atoms in total. The molecule has 3 atom stereocenters. The highest BCUT2D eigenvalue weighted by molar-refractivity contribution is 7.90. The van der Waals surface area contributed by atoms with Crippen molar-refractivity contribution in [3.05, 3.63) is 229 Å². The number of benzene rings is 8. The Morgan fingerprint density at radius 1 is 0.364 bits per heavy atom. The smallest absolute Gasteiger partial charge is 0.488 e. The van der Waals surface area contributed by atoms with Crippen LogP contribution in [0.4, 0.5) is 34.1 Å². The lowest BCUT2D eigenvalue weighted by Gasteiger charge is -2.19. The number of nitrogens with one attached hydrogen (secondary N) is 12. The lowest BCUT2D eigenvalue weighted by Crippen LogP contribution is -2.47. The minimum Gasteiger partial charge on any atom is -0.504 e. The number of fused-ring (bicyclic) bond motifs is 2. The van der Waals surface area contributed by atoms with E-state index in [9.17, 15) is 126 Å². The molecule has 8 aromatic carbocycles. The highest BCUT2D eigenvalue weighted by Gasteiger charge is 2.33. The van der Waals surface area contributed by atoms with Gasteiger partial charge in [-0.1, -0.05) is 68.3 Å². The van der Waals surface area contributed by atoms with Crippen LogP contribution in [0.5, 0.6) is 23.0 Å². The molecule has 0 heterocycles. The molecular formula is C93H119BN18O26S2. The fourth-order valence-corrected chi connectivity index (χ4v) is 16.3. The summed E-state index contributed by atoms with van der Waals surface area (Å²) in [6, 6.07) is 29.9. The van der Waals surface area contributed by atoms with Crippen LogP contribution in [0.25, 0.3) is 21.5 Å². The number of anilines is 3. The Balaban J connectivity index is 0.000000322. The zero-order valence-electron chi connectivity index (χ0n) is 78.9. The maximum absolute atomic E-state index is 13.2. The molecular weight excluding hydrogens is 1860 g/mol. The molecule has 0 bridgehead atoms. The van der Waals surface area contributed by atoms with E-state index in [1.54, 1.807) is 50.2 Å². The van der Waals surface area contributed by atoms with Crippen molar-refractivity contribution in [1.29, 1.82) is 0 Å². The molecule has 3 unspecified atom stereocenters. The molecule has 0 aliphatic rings. The molecule has 0 aliphatic heterocycles. The molecule has 140 heavy (non-hydrogen) atoms. The Labute approximate surface area is 809 Å². The molecule has 0 saturated carbocycles. The minimum atomic E-state index is -3.84. The van der Waals surface area contributed by atoms with Gasteiger partial charge in [0.05, 0.1) is 30.1 Å². The summed E-state index contributed by atoms with van der Waals surface area (Å²) >= 11 is 0. The van der Waals surface area contributed by atoms with Crippen LogP contribution in [-0.4, -0.2) is 248 Å². The van der Waals surface area contributed by atoms with Gasteiger partial charge in [0, 0.05) is 192 Å². The molecule has 0 aliphatic carbocycles. The summed E-state index contributed by atoms with van der Waals surface area (Å²) in [6.07, 6.45) is 3.63. The summed E-state index contributed by atoms with van der Waals surface area (Å²) in [5.74, 6) is -7.20. The number of phenolic OH excluding ortho intramolecular Hbond substituents is 4. The quantitative estimate of drug-likeness (QED) is 0.00552. The Kier molecular flexibility index (Phi) is 44.3. The fourth-order valence-electron chi connectivity index (χ4n) is 13.8. The number of hydrogen-bond acceptors (Lipinski definition) is 29. The second kappa shape index (κ2) is 54.7. The average molecular weight is 1980 g/mol. The van der Waals surface area contributed by atoms with E-state index in [1.165, 1.54) is 50.2 Å². The molecule has 8 aromatic rings. The number of nitro groups is 3. The highest BCUT2D eigenvalue weighted by Crippen LogP contribution is 2.39. The zero-order chi connectivity index (χ0) is 104. The Hall–Kier alpha value is -15.2. The number of rotatable bonds is 51. The zero-order valence-corrected chi connectivity index (χ0v) is 80.5. The van der Waals surface area contributed by atoms with Crippen LogP contribution in [0.1, 0.15) is 139 Å². The van der Waals surface area contributed by atoms with Crippen LogP contribution in [0.3, 0.4) is 0 Å². The number of non-ortho nitro benzene ring substituents is 1. The van der Waals surface area contributed by atoms with E-state index in [1.807, 2.05) is 74.4 Å². The number of unbranched alkanes of at least 4 members (excludes halogenated alkanes) is 3. The summed E-state index contributed by atoms with van der Waals surface area (Å²) in [7, 11) is 0.547. The number of aromatic hydroxyl groups is 4. The number of nitrogens with zero attached hydrogens (tertiary/aromatic N) is 6. The largest absolute Gasteiger partial charge is 0.504 e. The van der Waals surface area contributed by atoms with Crippen LogP contribution in [0.2, 0.25) is 0 Å². The molecule has 0 spiro atoms. The lowest BCUT2D eigenvalue weighted by molar-refractivity contribution is -0.392. The van der Waals surface area contributed by atoms with E-state index >= 15 is 0 Å². The first-order valence-electron chi connectivity index (χ1n) is 44.1. The normalized spacial score (nSPS) is 11.6. The van der Waals surface area contributed by atoms with Gasteiger partial charge in [-0.05, 0) is 170 Å². The van der Waals surface area contributed by atoms with Crippen molar-refractivity contribution >= 4 is 147 Å². The van der Waals surface area contributed by atoms with Crippen LogP contribution in [-0.2, 0) is 48.8 Å². The maximum Gasteiger partial charge on any atom is 0.488 e. The molecule has 0 radical (unpaired) electrons. The summed E-state index contributed by atoms with van der Waals surface area (Å²) < 4.78 is 58.2. The molecule has 10 amide bonds. The summed E-state index contributed by atoms with van der Waals surface area (Å²) in [5, 5.41) is 121. The minimum absolute atomic E-state index is 0.00127. The molecule has 0 fully saturated rings. The van der Waals surface area contributed by atoms with E-state index in [0.717, 1.165) is 64.6 Å². The van der Waals surface area contributed by atoms with E-state index in [4.69, 9.17) is 0 Å². The Morgan fingerprint density at radius 3 is 1.02 bits per heavy atom. The number of amides is 10. The molecule has 8 rings (SSSR count). The summed E-state index contributed by atoms with van der Waals surface area (Å²) in [6.45, 7) is 17.0. The average Bonchev–Trinajstić information content (AvgIpc) is 0.783. The lowest BCUT2D eigenvalue weighted by atomic mass is 9.79. The van der Waals surface area contributed by atoms with Gasteiger partial charge in [-0.15, -0.1) is 0 Å². The second-order valence-corrected chi connectivity index (χ2v) is 36.3. The van der Waals surface area contributed by atoms with E-state index < -0.39 is 130 Å². The number of sulfonamides is 2. The van der Waals surface area contributed by atoms with Crippen molar-refractivity contribution in [2.75, 3.05) is 116 Å². The number of nitro benzene ring substituents is 3. The number of phenols is 4. The maximum atomic E-state index is 13.2. The van der Waals surface area contributed by atoms with Crippen LogP contribution in [0.15, 0.2) is 186 Å². The predicted molar refractivity (Wildman–Crippen MR) is 527 cm³/mol. The van der Waals surface area contributed by atoms with Gasteiger partial charge in [-0.3, -0.25) is 78.3 Å². The van der Waals surface area contributed by atoms with E-state index in [-0.39, 0.29) is 150 Å². The molecule has 47 heteroatoms. The van der Waals surface area contributed by atoms with Crippen LogP contribution in [0, 0.1) is 30.3 Å². The monoisotopic (exact) mass is 1980 g/mol. The molecule has 752 valence electrons. The number of carbonyl (C=O) groups is 10. The van der Waals surface area contributed by atoms with Crippen molar-refractivity contribution < 1.29 is 110 Å². The number of hydrogen-bond donors (Lipinski definition) is 18. The predicted octanol–water partition coefficient (Wildman–Crippen LogP) is 5.58. The first-order chi connectivity index (χ1) is 66.1. The van der Waals surface area contributed by atoms with Gasteiger partial charge >= 0.3 is 7.12 Å². The highest BCUT2D eigenvalue weighted by atomic mass is 32.2. The van der Waals surface area contributed by atoms with Crippen molar-refractivity contribution in [3.8, 4) is 23.0 Å². The third kappa shape index (κ3) is 34.8. The van der Waals surface area contributed by atoms with Gasteiger partial charge < -0.3 is 98.3 Å². The van der Waals surface area contributed by atoms with E-state index in [2.05, 4.69) is 82.3 Å². The molecule has 0 aromatic heterocycles. The summed E-state index contributed by atoms with van der Waals surface area (Å²) in [5.41, 5.74) is -0.180. The molecule has 18 N–H and O–H groups in total. The first kappa shape index (κ1) is 114. The topological polar surface area (TPSA) is 644 Å². The van der Waals surface area contributed by atoms with Crippen molar-refractivity contribution in [2.24, 2.45) is 0 Å². The van der Waals surface area contributed by atoms with E-state index in [0.29, 0.717) is 85.5 Å². The van der Waals surface area contributed by atoms with Gasteiger partial charge in [0.2, 0.25) is 55.5 Å². The van der Waals surface area contributed by atoms with Gasteiger partial charge in [-0.2, -0.15) is 0 Å². The Bertz CT molecular complexity index is 5860. The standard InChI is InChI=1S/2C32H41N5O7S.C29H37BN8O12/c2*1-21(2)30(40)33-17-9-18-34-32(42)25(36-31(41)22-15-16-27(38)28(39)20-22)12-5-6-19-35-45(43,44)29-14-8-10-23-24(29)11-7-13-26(23)37(3)4;1-17(2)26(39)31-10-7-11-33-29(42)22(34-28(41)18-12-20(30(43)44)16-21(13-18)36(45)46)8-5-6-9-32-27(40)19-14-23(37(47)48)25(35(3)4)24(15-19)38(49)50/h2*7-8,10-11,13-16,20,25,35,38-39H,1,5-6,9,12,17-19H2,2-4H3,(H,33,40)(H,34,42)(H,36,41);12-16,22,43-44H,1,5-11H2,2-4H3,(H,31,39)(H,32,40)(H,33,42)(H,34,41). The summed E-state index contributed by atoms with van der Waals surface area (Å²) in [4.78, 5) is 163. The van der Waals surface area contributed by atoms with Crippen molar-refractivity contribution in [2.45, 2.75) is 126 Å². The third-order valence-corrected chi connectivity index (χ3v) is 24.1. The van der Waals surface area contributed by atoms with Crippen molar-refractivity contribution in [3.63, 3.8) is 0 Å². The van der Waals surface area contributed by atoms with Gasteiger partial charge in [-0.25, -0.2) is 26.3 Å². The first-order valence-corrected chi connectivity index (χ1v) is 47.1. The van der Waals surface area contributed by atoms with Gasteiger partial charge in [0.1, 0.15) is 18.1 Å². The number of carbonyl (C=O) groups excluding carboxylic acids is 10. The SMILES string of the molecule is C=C(C)C(=O)NCCCNC(=O)C(CCCCNC(=O)c1cc([N+](=O)[O-])c(N(C)C)c([N+](=O)[O-])c1)NC(=O)c1cc(B(O)O)cc([N+](=O)[O-])c1.C=C(C)C(=O)NCCCNC(=O)C(CCCCNS(=O)(=O)c1cccc2c(N(C)C)cccc12)NC(=O)c1ccc(O)c(O)c1.C=C(C)C(=O)NCCCNC(=O)C(CCCCNS(=O)(=O)c1cccc2c(N(C)C)cccc12)NC(=O)c1ccc(O)c(O)c1. The van der Waals surface area contributed by atoms with Crippen LogP contribution < -0.4 is 82.8 Å². The van der Waals surface area contributed by atoms with Crippen molar-refractivity contribution in [1.82, 2.24) is 62.6 Å². The fraction of sp³-hybridized carbons (Fsp3) is 0.355.